The molecule has 3 aromatic rings. The molecular formula is C12H11N3O3. The van der Waals surface area contributed by atoms with Crippen molar-refractivity contribution in [1.82, 2.24) is 14.4 Å². The van der Waals surface area contributed by atoms with E-state index in [1.807, 2.05) is 13.8 Å². The monoisotopic (exact) mass is 245 g/mol. The fourth-order valence-electron chi connectivity index (χ4n) is 1.96. The number of rotatable bonds is 1. The molecule has 0 unspecified atom stereocenters. The first-order valence-corrected chi connectivity index (χ1v) is 5.61. The minimum atomic E-state index is -0.555. The van der Waals surface area contributed by atoms with Gasteiger partial charge in [0.25, 0.3) is 5.56 Å². The van der Waals surface area contributed by atoms with Gasteiger partial charge >= 0.3 is 5.76 Å². The summed E-state index contributed by atoms with van der Waals surface area (Å²) >= 11 is 0. The number of nitrogens with zero attached hydrogens (tertiary/aromatic N) is 2. The number of fused-ring (bicyclic) bond motifs is 3. The lowest BCUT2D eigenvalue weighted by Crippen LogP contribution is -2.20. The lowest BCUT2D eigenvalue weighted by molar-refractivity contribution is 0.555. The predicted octanol–water partition coefficient (Wildman–Crippen LogP) is 1.25. The minimum Gasteiger partial charge on any atom is -0.404 e. The highest BCUT2D eigenvalue weighted by Crippen LogP contribution is 2.15. The molecule has 0 fully saturated rings. The van der Waals surface area contributed by atoms with Crippen molar-refractivity contribution in [3.63, 3.8) is 0 Å². The molecule has 0 aliphatic heterocycles. The van der Waals surface area contributed by atoms with Gasteiger partial charge in [0.2, 0.25) is 0 Å². The van der Waals surface area contributed by atoms with Gasteiger partial charge < -0.3 is 4.42 Å². The Morgan fingerprint density at radius 3 is 2.89 bits per heavy atom. The van der Waals surface area contributed by atoms with Crippen LogP contribution in [0.3, 0.4) is 0 Å². The van der Waals surface area contributed by atoms with Crippen molar-refractivity contribution in [3.8, 4) is 0 Å². The number of aromatic amines is 1. The van der Waals surface area contributed by atoms with Gasteiger partial charge in [-0.3, -0.25) is 14.2 Å². The fraction of sp³-hybridized carbons (Fsp3) is 0.250. The summed E-state index contributed by atoms with van der Waals surface area (Å²) in [6.07, 6.45) is 3.12. The summed E-state index contributed by atoms with van der Waals surface area (Å²) in [6, 6.07) is 1.63. The normalized spacial score (nSPS) is 11.7. The van der Waals surface area contributed by atoms with Crippen LogP contribution in [0.4, 0.5) is 0 Å². The molecule has 92 valence electrons. The first-order chi connectivity index (χ1) is 8.58. The number of pyridine rings is 1. The molecule has 18 heavy (non-hydrogen) atoms. The smallest absolute Gasteiger partial charge is 0.404 e. The van der Waals surface area contributed by atoms with E-state index < -0.39 is 5.76 Å². The lowest BCUT2D eigenvalue weighted by Gasteiger charge is -2.06. The Bertz CT molecular complexity index is 854. The highest BCUT2D eigenvalue weighted by atomic mass is 16.4. The van der Waals surface area contributed by atoms with E-state index in [0.717, 1.165) is 0 Å². The van der Waals surface area contributed by atoms with Crippen LogP contribution in [0.5, 0.6) is 0 Å². The molecule has 0 radical (unpaired) electrons. The molecule has 0 spiro atoms. The number of aromatic nitrogens is 3. The zero-order valence-corrected chi connectivity index (χ0v) is 9.93. The van der Waals surface area contributed by atoms with E-state index in [2.05, 4.69) is 9.97 Å². The van der Waals surface area contributed by atoms with E-state index in [9.17, 15) is 9.59 Å². The second-order valence-electron chi connectivity index (χ2n) is 4.44. The summed E-state index contributed by atoms with van der Waals surface area (Å²) in [5.74, 6) is -0.462. The zero-order valence-electron chi connectivity index (χ0n) is 9.93. The van der Waals surface area contributed by atoms with Gasteiger partial charge in [-0.15, -0.1) is 0 Å². The van der Waals surface area contributed by atoms with Crippen LogP contribution in [0.25, 0.3) is 16.7 Å². The van der Waals surface area contributed by atoms with Crippen molar-refractivity contribution in [2.24, 2.45) is 0 Å². The van der Waals surface area contributed by atoms with Crippen molar-refractivity contribution >= 4 is 16.7 Å². The maximum atomic E-state index is 12.2. The standard InChI is InChI=1S/C12H11N3O3/c1-6(2)7-5-13-10-9-8(14-12(17)18-9)3-4-15(10)11(7)16/h3-6H,1-2H3,(H,14,17). The summed E-state index contributed by atoms with van der Waals surface area (Å²) in [5, 5.41) is 0. The molecule has 0 aliphatic carbocycles. The molecule has 0 aliphatic rings. The van der Waals surface area contributed by atoms with Crippen molar-refractivity contribution in [2.45, 2.75) is 19.8 Å². The second kappa shape index (κ2) is 3.56. The average Bonchev–Trinajstić information content (AvgIpc) is 2.69. The molecule has 0 bridgehead atoms. The number of nitrogens with one attached hydrogen (secondary N) is 1. The van der Waals surface area contributed by atoms with E-state index in [4.69, 9.17) is 4.42 Å². The van der Waals surface area contributed by atoms with Gasteiger partial charge in [0.05, 0.1) is 5.52 Å². The van der Waals surface area contributed by atoms with Gasteiger partial charge in [-0.25, -0.2) is 9.78 Å². The van der Waals surface area contributed by atoms with E-state index in [1.54, 1.807) is 12.3 Å². The molecule has 0 saturated carbocycles. The van der Waals surface area contributed by atoms with Crippen molar-refractivity contribution in [1.29, 1.82) is 0 Å². The predicted molar refractivity (Wildman–Crippen MR) is 65.9 cm³/mol. The molecule has 0 amide bonds. The Balaban J connectivity index is 2.51. The lowest BCUT2D eigenvalue weighted by atomic mass is 10.1. The molecule has 0 atom stereocenters. The van der Waals surface area contributed by atoms with Crippen LogP contribution >= 0.6 is 0 Å². The maximum Gasteiger partial charge on any atom is 0.417 e. The number of oxazole rings is 1. The molecule has 3 rings (SSSR count). The Labute approximate surface area is 101 Å². The van der Waals surface area contributed by atoms with Crippen LogP contribution in [-0.4, -0.2) is 14.4 Å². The van der Waals surface area contributed by atoms with Gasteiger partial charge in [0, 0.05) is 18.0 Å². The zero-order chi connectivity index (χ0) is 12.9. The van der Waals surface area contributed by atoms with Crippen LogP contribution < -0.4 is 11.3 Å². The number of H-pyrrole nitrogens is 1. The average molecular weight is 245 g/mol. The van der Waals surface area contributed by atoms with Crippen LogP contribution in [0.2, 0.25) is 0 Å². The molecule has 3 aromatic heterocycles. The molecule has 0 aromatic carbocycles. The Hall–Kier alpha value is -2.37. The molecule has 1 N–H and O–H groups in total. The van der Waals surface area contributed by atoms with E-state index in [1.165, 1.54) is 10.6 Å². The second-order valence-corrected chi connectivity index (χ2v) is 4.44. The molecule has 6 heteroatoms. The first-order valence-electron chi connectivity index (χ1n) is 5.61. The van der Waals surface area contributed by atoms with E-state index in [-0.39, 0.29) is 11.5 Å². The maximum absolute atomic E-state index is 12.2. The fourth-order valence-corrected chi connectivity index (χ4v) is 1.96. The van der Waals surface area contributed by atoms with Crippen LogP contribution in [-0.2, 0) is 0 Å². The Kier molecular flexibility index (Phi) is 2.13. The van der Waals surface area contributed by atoms with Crippen molar-refractivity contribution in [2.75, 3.05) is 0 Å². The Morgan fingerprint density at radius 2 is 2.17 bits per heavy atom. The highest BCUT2D eigenvalue weighted by Gasteiger charge is 2.12. The highest BCUT2D eigenvalue weighted by molar-refractivity contribution is 5.85. The minimum absolute atomic E-state index is 0.0934. The van der Waals surface area contributed by atoms with Crippen LogP contribution in [0.1, 0.15) is 25.3 Å². The van der Waals surface area contributed by atoms with Gasteiger partial charge in [-0.1, -0.05) is 13.8 Å². The van der Waals surface area contributed by atoms with Crippen LogP contribution in [0, 0.1) is 0 Å². The summed E-state index contributed by atoms with van der Waals surface area (Å²) < 4.78 is 6.40. The molecule has 0 saturated heterocycles. The third-order valence-corrected chi connectivity index (χ3v) is 2.91. The third-order valence-electron chi connectivity index (χ3n) is 2.91. The third kappa shape index (κ3) is 1.38. The molecule has 3 heterocycles. The van der Waals surface area contributed by atoms with Crippen molar-refractivity contribution < 1.29 is 4.42 Å². The summed E-state index contributed by atoms with van der Waals surface area (Å²) in [4.78, 5) is 30.1. The summed E-state index contributed by atoms with van der Waals surface area (Å²) in [7, 11) is 0. The van der Waals surface area contributed by atoms with Crippen LogP contribution in [0.15, 0.2) is 32.5 Å². The van der Waals surface area contributed by atoms with Gasteiger partial charge in [0.1, 0.15) is 0 Å². The SMILES string of the molecule is CC(C)c1cnc2c3oc(=O)[nH]c3ccn2c1=O. The van der Waals surface area contributed by atoms with E-state index >= 15 is 0 Å². The van der Waals surface area contributed by atoms with E-state index in [0.29, 0.717) is 22.3 Å². The topological polar surface area (TPSA) is 80.4 Å². The largest absolute Gasteiger partial charge is 0.417 e. The molecular weight excluding hydrogens is 234 g/mol. The molecule has 6 nitrogen and oxygen atoms in total. The quantitative estimate of drug-likeness (QED) is 0.699. The van der Waals surface area contributed by atoms with Gasteiger partial charge in [0.15, 0.2) is 11.2 Å². The summed E-state index contributed by atoms with van der Waals surface area (Å²) in [6.45, 7) is 3.86. The van der Waals surface area contributed by atoms with Gasteiger partial charge in [-0.2, -0.15) is 0 Å². The number of hydrogen-bond acceptors (Lipinski definition) is 4. The number of hydrogen-bond donors (Lipinski definition) is 1. The Morgan fingerprint density at radius 1 is 1.39 bits per heavy atom. The van der Waals surface area contributed by atoms with Gasteiger partial charge in [-0.05, 0) is 12.0 Å². The first kappa shape index (κ1) is 10.8. The van der Waals surface area contributed by atoms with Crippen molar-refractivity contribution in [3.05, 3.63) is 44.9 Å². The summed E-state index contributed by atoms with van der Waals surface area (Å²) in [5.41, 5.74) is 1.67.